The smallest absolute Gasteiger partial charge is 0.0394 e. The Hall–Kier alpha value is -3.52. The number of aryl methyl sites for hydroxylation is 3. The van der Waals surface area contributed by atoms with Gasteiger partial charge in [-0.05, 0) is 84.8 Å². The quantitative estimate of drug-likeness (QED) is 0.366. The monoisotopic (exact) mass is 392 g/mol. The van der Waals surface area contributed by atoms with E-state index in [4.69, 9.17) is 11.5 Å². The topological polar surface area (TPSA) is 52.0 Å². The molecule has 0 spiro atoms. The van der Waals surface area contributed by atoms with Crippen molar-refractivity contribution >= 4 is 11.4 Å². The van der Waals surface area contributed by atoms with Crippen molar-refractivity contribution in [1.82, 2.24) is 0 Å². The second-order valence-electron chi connectivity index (χ2n) is 8.14. The summed E-state index contributed by atoms with van der Waals surface area (Å²) in [6.45, 7) is 8.57. The average molecular weight is 393 g/mol. The van der Waals surface area contributed by atoms with Gasteiger partial charge >= 0.3 is 0 Å². The summed E-state index contributed by atoms with van der Waals surface area (Å²) in [7, 11) is 0. The molecule has 4 aromatic carbocycles. The van der Waals surface area contributed by atoms with Crippen LogP contribution in [0.2, 0.25) is 0 Å². The third-order valence-corrected chi connectivity index (χ3v) is 5.94. The van der Waals surface area contributed by atoms with Crippen molar-refractivity contribution in [2.75, 3.05) is 11.5 Å². The maximum atomic E-state index is 6.39. The van der Waals surface area contributed by atoms with E-state index in [0.717, 1.165) is 28.1 Å². The lowest BCUT2D eigenvalue weighted by Gasteiger charge is -2.18. The molecule has 0 aromatic heterocycles. The van der Waals surface area contributed by atoms with Crippen LogP contribution in [0.3, 0.4) is 0 Å². The molecule has 0 unspecified atom stereocenters. The molecular weight excluding hydrogens is 364 g/mol. The van der Waals surface area contributed by atoms with Crippen LogP contribution in [0, 0.1) is 27.7 Å². The van der Waals surface area contributed by atoms with Crippen molar-refractivity contribution in [3.63, 3.8) is 0 Å². The van der Waals surface area contributed by atoms with Gasteiger partial charge in [0.05, 0.1) is 0 Å². The molecule has 4 rings (SSSR count). The molecule has 0 fully saturated rings. The van der Waals surface area contributed by atoms with Gasteiger partial charge in [0, 0.05) is 22.5 Å². The second-order valence-corrected chi connectivity index (χ2v) is 8.14. The molecule has 4 aromatic rings. The van der Waals surface area contributed by atoms with Crippen LogP contribution in [0.5, 0.6) is 0 Å². The van der Waals surface area contributed by atoms with Crippen molar-refractivity contribution in [2.24, 2.45) is 0 Å². The molecule has 2 heteroatoms. The van der Waals surface area contributed by atoms with E-state index in [0.29, 0.717) is 0 Å². The van der Waals surface area contributed by atoms with E-state index in [1.807, 2.05) is 24.3 Å². The van der Waals surface area contributed by atoms with Crippen LogP contribution in [0.25, 0.3) is 33.4 Å². The summed E-state index contributed by atoms with van der Waals surface area (Å²) >= 11 is 0. The van der Waals surface area contributed by atoms with Crippen molar-refractivity contribution < 1.29 is 0 Å². The van der Waals surface area contributed by atoms with Crippen LogP contribution < -0.4 is 11.5 Å². The summed E-state index contributed by atoms with van der Waals surface area (Å²) in [6, 6.07) is 25.3. The maximum Gasteiger partial charge on any atom is 0.0394 e. The predicted molar refractivity (Wildman–Crippen MR) is 131 cm³/mol. The Morgan fingerprint density at radius 1 is 0.533 bits per heavy atom. The lowest BCUT2D eigenvalue weighted by atomic mass is 9.87. The summed E-state index contributed by atoms with van der Waals surface area (Å²) < 4.78 is 0. The predicted octanol–water partition coefficient (Wildman–Crippen LogP) is 7.09. The number of nitrogens with two attached hydrogens (primary N) is 2. The van der Waals surface area contributed by atoms with Gasteiger partial charge in [0.15, 0.2) is 0 Å². The largest absolute Gasteiger partial charge is 0.398 e. The first kappa shape index (κ1) is 19.8. The number of hydrogen-bond donors (Lipinski definition) is 2. The Kier molecular flexibility index (Phi) is 5.09. The summed E-state index contributed by atoms with van der Waals surface area (Å²) in [4.78, 5) is 0. The Bertz CT molecular complexity index is 1250. The lowest BCUT2D eigenvalue weighted by Crippen LogP contribution is -1.97. The Balaban J connectivity index is 1.90. The highest BCUT2D eigenvalue weighted by Gasteiger charge is 2.15. The minimum Gasteiger partial charge on any atom is -0.398 e. The second kappa shape index (κ2) is 7.72. The van der Waals surface area contributed by atoms with Crippen molar-refractivity contribution in [2.45, 2.75) is 27.7 Å². The van der Waals surface area contributed by atoms with Crippen molar-refractivity contribution in [3.05, 3.63) is 95.1 Å². The van der Waals surface area contributed by atoms with Crippen molar-refractivity contribution in [1.29, 1.82) is 0 Å². The Morgan fingerprint density at radius 2 is 1.23 bits per heavy atom. The van der Waals surface area contributed by atoms with E-state index in [1.54, 1.807) is 0 Å². The van der Waals surface area contributed by atoms with Gasteiger partial charge < -0.3 is 11.5 Å². The molecule has 0 bridgehead atoms. The molecule has 0 radical (unpaired) electrons. The molecule has 0 aliphatic rings. The summed E-state index contributed by atoms with van der Waals surface area (Å²) in [5.41, 5.74) is 26.1. The molecule has 0 aliphatic carbocycles. The molecule has 30 heavy (non-hydrogen) atoms. The Morgan fingerprint density at radius 3 is 1.97 bits per heavy atom. The van der Waals surface area contributed by atoms with Gasteiger partial charge in [0.25, 0.3) is 0 Å². The maximum absolute atomic E-state index is 6.39. The first-order chi connectivity index (χ1) is 14.4. The van der Waals surface area contributed by atoms with Crippen LogP contribution >= 0.6 is 0 Å². The molecule has 0 saturated heterocycles. The van der Waals surface area contributed by atoms with Crippen LogP contribution in [0.15, 0.2) is 72.8 Å². The SMILES string of the molecule is Cc1ccc(-c2cc(-c3ccc(C)c(-c4ccccc4N)c3C)ccc2N)c(C)c1. The minimum absolute atomic E-state index is 0.794. The highest BCUT2D eigenvalue weighted by molar-refractivity contribution is 5.88. The molecule has 0 amide bonds. The Labute approximate surface area is 179 Å². The average Bonchev–Trinajstić information content (AvgIpc) is 2.71. The van der Waals surface area contributed by atoms with Gasteiger partial charge in [-0.1, -0.05) is 60.2 Å². The minimum atomic E-state index is 0.794. The normalized spacial score (nSPS) is 10.9. The van der Waals surface area contributed by atoms with Crippen LogP contribution in [-0.4, -0.2) is 0 Å². The molecule has 150 valence electrons. The molecule has 0 heterocycles. The third kappa shape index (κ3) is 3.46. The van der Waals surface area contributed by atoms with E-state index >= 15 is 0 Å². The van der Waals surface area contributed by atoms with Gasteiger partial charge in [-0.2, -0.15) is 0 Å². The van der Waals surface area contributed by atoms with E-state index in [-0.39, 0.29) is 0 Å². The molecule has 2 nitrogen and oxygen atoms in total. The van der Waals surface area contributed by atoms with Gasteiger partial charge in [-0.3, -0.25) is 0 Å². The molecule has 0 atom stereocenters. The van der Waals surface area contributed by atoms with Crippen molar-refractivity contribution in [3.8, 4) is 33.4 Å². The zero-order valence-corrected chi connectivity index (χ0v) is 18.1. The first-order valence-corrected chi connectivity index (χ1v) is 10.3. The number of hydrogen-bond acceptors (Lipinski definition) is 2. The van der Waals surface area contributed by atoms with E-state index in [1.165, 1.54) is 38.9 Å². The van der Waals surface area contributed by atoms with Gasteiger partial charge in [-0.25, -0.2) is 0 Å². The third-order valence-electron chi connectivity index (χ3n) is 5.94. The standard InChI is InChI=1S/C28H28N2/c1-17-9-12-22(19(3)15-17)25-16-21(11-14-27(25)30)23-13-10-18(2)28(20(23)4)24-7-5-6-8-26(24)29/h5-16H,29-30H2,1-4H3. The van der Waals surface area contributed by atoms with Gasteiger partial charge in [0.1, 0.15) is 0 Å². The number of nitrogen functional groups attached to an aromatic ring is 2. The van der Waals surface area contributed by atoms with Crippen LogP contribution in [0.4, 0.5) is 11.4 Å². The van der Waals surface area contributed by atoms with Gasteiger partial charge in [0.2, 0.25) is 0 Å². The van der Waals surface area contributed by atoms with Crippen LogP contribution in [0.1, 0.15) is 22.3 Å². The summed E-state index contributed by atoms with van der Waals surface area (Å²) in [5, 5.41) is 0. The first-order valence-electron chi connectivity index (χ1n) is 10.3. The highest BCUT2D eigenvalue weighted by Crippen LogP contribution is 2.39. The lowest BCUT2D eigenvalue weighted by molar-refractivity contribution is 1.37. The number of para-hydroxylation sites is 1. The summed E-state index contributed by atoms with van der Waals surface area (Å²) in [5.74, 6) is 0. The molecule has 0 aliphatic heterocycles. The summed E-state index contributed by atoms with van der Waals surface area (Å²) in [6.07, 6.45) is 0. The van der Waals surface area contributed by atoms with E-state index < -0.39 is 0 Å². The zero-order valence-electron chi connectivity index (χ0n) is 18.1. The van der Waals surface area contributed by atoms with Crippen LogP contribution in [-0.2, 0) is 0 Å². The van der Waals surface area contributed by atoms with E-state index in [9.17, 15) is 0 Å². The molecule has 4 N–H and O–H groups in total. The molecular formula is C28H28N2. The number of rotatable bonds is 3. The molecule has 0 saturated carbocycles. The fraction of sp³-hybridized carbons (Fsp3) is 0.143. The zero-order chi connectivity index (χ0) is 21.4. The fourth-order valence-electron chi connectivity index (χ4n) is 4.37. The number of anilines is 2. The fourth-order valence-corrected chi connectivity index (χ4v) is 4.37. The van der Waals surface area contributed by atoms with E-state index in [2.05, 4.69) is 76.2 Å². The highest BCUT2D eigenvalue weighted by atomic mass is 14.6. The van der Waals surface area contributed by atoms with Gasteiger partial charge in [-0.15, -0.1) is 0 Å². The number of benzene rings is 4.